The predicted octanol–water partition coefficient (Wildman–Crippen LogP) is 16.6. The highest BCUT2D eigenvalue weighted by atomic mass is 19.4. The van der Waals surface area contributed by atoms with Gasteiger partial charge in [0.2, 0.25) is 29.4 Å². The van der Waals surface area contributed by atoms with Crippen LogP contribution in [-0.2, 0) is 33.2 Å². The van der Waals surface area contributed by atoms with Gasteiger partial charge in [-0.1, -0.05) is 6.07 Å². The van der Waals surface area contributed by atoms with Crippen LogP contribution in [0.3, 0.4) is 0 Å². The molecule has 0 atom stereocenters. The van der Waals surface area contributed by atoms with E-state index < -0.39 is 81.6 Å². The first-order valence-electron chi connectivity index (χ1n) is 42.4. The summed E-state index contributed by atoms with van der Waals surface area (Å²) in [6.45, 7) is -8.00. The number of carbonyl (C=O) groups is 4. The molecule has 732 valence electrons. The van der Waals surface area contributed by atoms with E-state index in [4.69, 9.17) is 0 Å². The van der Waals surface area contributed by atoms with E-state index in [1.165, 1.54) is 133 Å². The molecule has 41 nitrogen and oxygen atoms in total. The molecule has 4 aliphatic rings. The van der Waals surface area contributed by atoms with Gasteiger partial charge in [0.05, 0.1) is 83.9 Å². The number of halogens is 14. The monoisotopic (exact) mass is 1990 g/mol. The second kappa shape index (κ2) is 39.9. The third-order valence-electron chi connectivity index (χ3n) is 21.6. The molecule has 0 spiro atoms. The van der Waals surface area contributed by atoms with Gasteiger partial charge < -0.3 is 35.0 Å². The number of nitrogens with zero attached hydrogens (tertiary/aromatic N) is 28. The lowest BCUT2D eigenvalue weighted by Crippen LogP contribution is -2.46. The summed E-state index contributed by atoms with van der Waals surface area (Å²) in [7, 11) is 1.57. The van der Waals surface area contributed by atoms with Gasteiger partial charge in [-0.2, -0.15) is 107 Å². The second-order valence-corrected chi connectivity index (χ2v) is 31.3. The number of rotatable bonds is 21. The van der Waals surface area contributed by atoms with Gasteiger partial charge in [-0.05, 0) is 146 Å². The number of carbonyl (C=O) groups excluding carboxylic acids is 4. The SMILES string of the molecule is Cn1cc(N2Cc3cnc(NCC(F)(F)F)nc3N(c3ccc(-c4ncn[nH]4)cc3)C2=O)ccc1=O.O=C1N(c2ccc3ncccc3c2)Cc2cnc(NCC(F)(F)F)nc2N1c1ccc(-c2ncn[nH]2)cc1.O=C1N(c2ccc3nccn3c2)Cc2cnc(NCC(F)(F)F)nc2N1c1ccc(-c2ncn[nH]2)cc1.O=C1N(c2ccnnc2)Cc2cnc(NCC(F)(F)F)nc2N1c1ccc(OC(F)F)cc1. The number of aromatic nitrogens is 23. The van der Waals surface area contributed by atoms with Crippen LogP contribution in [0, 0.1) is 0 Å². The van der Waals surface area contributed by atoms with Crippen molar-refractivity contribution in [3.63, 3.8) is 0 Å². The Morgan fingerprint density at radius 3 is 1.10 bits per heavy atom. The Kier molecular flexibility index (Phi) is 26.4. The molecular weight excluding hydrogens is 1920 g/mol. The highest BCUT2D eigenvalue weighted by Crippen LogP contribution is 2.44. The smallest absolute Gasteiger partial charge is 0.405 e. The van der Waals surface area contributed by atoms with Crippen LogP contribution in [0.2, 0.25) is 0 Å². The molecular formula is C89H67F14N35O6. The number of anilines is 16. The van der Waals surface area contributed by atoms with Gasteiger partial charge >= 0.3 is 55.4 Å². The van der Waals surface area contributed by atoms with Gasteiger partial charge in [0.15, 0.2) is 40.7 Å². The summed E-state index contributed by atoms with van der Waals surface area (Å²) in [5, 5.41) is 36.7. The molecule has 17 aromatic rings. The van der Waals surface area contributed by atoms with Gasteiger partial charge in [0, 0.05) is 119 Å². The largest absolute Gasteiger partial charge is 0.435 e. The number of aromatic amines is 3. The molecule has 5 aromatic carbocycles. The van der Waals surface area contributed by atoms with Crippen LogP contribution >= 0.6 is 0 Å². The van der Waals surface area contributed by atoms with Crippen molar-refractivity contribution in [2.75, 3.05) is 86.6 Å². The van der Waals surface area contributed by atoms with Crippen molar-refractivity contribution in [3.8, 4) is 39.9 Å². The van der Waals surface area contributed by atoms with E-state index in [1.54, 1.807) is 138 Å². The molecule has 0 radical (unpaired) electrons. The normalized spacial score (nSPS) is 13.7. The third-order valence-corrected chi connectivity index (χ3v) is 21.6. The van der Waals surface area contributed by atoms with Crippen molar-refractivity contribution in [1.82, 2.24) is 115 Å². The van der Waals surface area contributed by atoms with Crippen molar-refractivity contribution < 1.29 is 85.4 Å². The average molecular weight is 1990 g/mol. The number of hydrogen-bond acceptors (Lipinski definition) is 28. The molecule has 21 rings (SSSR count). The van der Waals surface area contributed by atoms with Crippen molar-refractivity contribution in [2.24, 2.45) is 7.05 Å². The van der Waals surface area contributed by atoms with E-state index in [1.807, 2.05) is 24.3 Å². The maximum atomic E-state index is 13.9. The standard InChI is InChI=1S/C25H18F3N9O.C23H17F3N10O.C22H18F3N9O2.C19H14F5N7O2/c26-25(27,28)13-31-23-30-11-17-12-36(19-7-8-20-16(10-19)2-1-9-29-20)24(38)37(22(17)34-23)18-5-3-15(4-6-18)21-32-14-33-35-21;24-23(25,26)12-29-21-28-9-15-10-35(17-5-6-18-27-7-8-34(18)11-17)22(37)36(20(15)32-21)16-3-1-14(2-4-16)19-30-13-31-33-19;1-32-10-16(6-7-17(32)35)33-9-14-8-26-20(27-11-22(23,24)25)30-19(14)34(21(33)36)15-4-2-13(3-5-15)18-28-12-29-31-18;20-16(21)33-14-3-1-12(2-4-14)31-15-11(7-25-17(29-15)26-10-19(22,23)24)9-30(18(31)32)13-5-6-27-28-8-13/h1-11,14H,12-13H2,(H,30,31,34)(H,32,33,35);1-9,11,13H,10,12H2,(H,28,29,32)(H,30,31,33);2-8,10,12H,9,11H2,1H3,(H,26,27,30)(H,28,29,31);1-8,16H,9-10H2,(H,25,26,29). The lowest BCUT2D eigenvalue weighted by molar-refractivity contribution is -0.116. The van der Waals surface area contributed by atoms with Crippen LogP contribution in [0.4, 0.5) is 173 Å². The number of ether oxygens (including phenoxy) is 1. The maximum absolute atomic E-state index is 13.9. The zero-order valence-corrected chi connectivity index (χ0v) is 73.6. The number of benzene rings is 5. The second-order valence-electron chi connectivity index (χ2n) is 31.3. The number of alkyl halides is 14. The third kappa shape index (κ3) is 21.8. The Morgan fingerprint density at radius 1 is 0.368 bits per heavy atom. The van der Waals surface area contributed by atoms with Crippen LogP contribution < -0.4 is 70.8 Å². The minimum absolute atomic E-state index is 0.0164. The van der Waals surface area contributed by atoms with Crippen LogP contribution in [0.25, 0.3) is 50.7 Å². The highest BCUT2D eigenvalue weighted by Gasteiger charge is 2.42. The fourth-order valence-corrected chi connectivity index (χ4v) is 15.0. The summed E-state index contributed by atoms with van der Waals surface area (Å²) in [4.78, 5) is 131. The molecule has 0 saturated heterocycles. The summed E-state index contributed by atoms with van der Waals surface area (Å²) in [6, 6.07) is 41.0. The van der Waals surface area contributed by atoms with Gasteiger partial charge in [-0.15, -0.1) is 0 Å². The first-order chi connectivity index (χ1) is 69.1. The molecule has 144 heavy (non-hydrogen) atoms. The molecule has 12 aromatic heterocycles. The summed E-state index contributed by atoms with van der Waals surface area (Å²) < 4.78 is 185. The predicted molar refractivity (Wildman–Crippen MR) is 490 cm³/mol. The highest BCUT2D eigenvalue weighted by molar-refractivity contribution is 6.14. The van der Waals surface area contributed by atoms with Crippen molar-refractivity contribution in [2.45, 2.75) is 57.5 Å². The summed E-state index contributed by atoms with van der Waals surface area (Å²) in [5.74, 6) is 0.999. The minimum atomic E-state index is -4.50. The number of aryl methyl sites for hydroxylation is 1. The molecule has 0 saturated carbocycles. The van der Waals surface area contributed by atoms with Gasteiger partial charge in [-0.25, -0.2) is 78.6 Å². The first-order valence-corrected chi connectivity index (χ1v) is 42.4. The number of amides is 8. The van der Waals surface area contributed by atoms with Gasteiger partial charge in [-0.3, -0.25) is 44.7 Å². The molecule has 0 bridgehead atoms. The molecule has 0 aliphatic carbocycles. The number of pyridine rings is 3. The number of hydrogen-bond donors (Lipinski definition) is 7. The molecule has 16 heterocycles. The number of urea groups is 4. The molecule has 0 unspecified atom stereocenters. The quantitative estimate of drug-likeness (QED) is 0.0329. The summed E-state index contributed by atoms with van der Waals surface area (Å²) in [6.07, 6.45) is 2.95. The van der Waals surface area contributed by atoms with Crippen LogP contribution in [-0.4, -0.2) is 196 Å². The van der Waals surface area contributed by atoms with E-state index in [9.17, 15) is 85.4 Å². The molecule has 4 aliphatic heterocycles. The fourth-order valence-electron chi connectivity index (χ4n) is 15.0. The number of nitrogens with one attached hydrogen (secondary N) is 7. The zero-order chi connectivity index (χ0) is 101. The van der Waals surface area contributed by atoms with E-state index in [0.29, 0.717) is 85.1 Å². The molecule has 0 fully saturated rings. The van der Waals surface area contributed by atoms with Crippen LogP contribution in [0.15, 0.2) is 250 Å². The summed E-state index contributed by atoms with van der Waals surface area (Å²) >= 11 is 0. The Labute approximate surface area is 798 Å². The number of imidazole rings is 1. The Balaban J connectivity index is 0.000000127. The van der Waals surface area contributed by atoms with E-state index in [2.05, 4.69) is 132 Å². The average Bonchev–Trinajstić information content (AvgIpc) is 1.36. The van der Waals surface area contributed by atoms with E-state index in [0.717, 1.165) is 32.6 Å². The lowest BCUT2D eigenvalue weighted by Gasteiger charge is -2.36. The Hall–Kier alpha value is -18.9. The fraction of sp³-hybridized carbons (Fsp3) is 0.157. The van der Waals surface area contributed by atoms with E-state index >= 15 is 0 Å². The minimum Gasteiger partial charge on any atom is -0.435 e. The van der Waals surface area contributed by atoms with Crippen molar-refractivity contribution >= 4 is 133 Å². The number of H-pyrrole nitrogens is 3. The van der Waals surface area contributed by atoms with Gasteiger partial charge in [0.25, 0.3) is 0 Å². The molecule has 7 N–H and O–H groups in total. The topological polar surface area (TPSA) is 457 Å². The van der Waals surface area contributed by atoms with Gasteiger partial charge in [0.1, 0.15) is 56.6 Å². The Morgan fingerprint density at radius 2 is 0.736 bits per heavy atom. The number of fused-ring (bicyclic) bond motifs is 6. The molecule has 55 heteroatoms. The van der Waals surface area contributed by atoms with Crippen LogP contribution in [0.1, 0.15) is 22.3 Å². The van der Waals surface area contributed by atoms with Crippen molar-refractivity contribution in [1.29, 1.82) is 0 Å². The lowest BCUT2D eigenvalue weighted by atomic mass is 10.1. The van der Waals surface area contributed by atoms with Crippen LogP contribution in [0.5, 0.6) is 5.75 Å². The summed E-state index contributed by atoms with van der Waals surface area (Å²) in [5.41, 5.74) is 9.15. The first kappa shape index (κ1) is 95.4. The molecule has 8 amide bonds. The van der Waals surface area contributed by atoms with Crippen molar-refractivity contribution in [3.05, 3.63) is 277 Å². The maximum Gasteiger partial charge on any atom is 0.405 e. The zero-order valence-electron chi connectivity index (χ0n) is 73.6. The van der Waals surface area contributed by atoms with E-state index in [-0.39, 0.29) is 90.2 Å². The Bertz CT molecular complexity index is 7570.